The number of fused-ring (bicyclic) bond motifs is 2. The molecule has 2 aromatic heterocycles. The van der Waals surface area contributed by atoms with Crippen LogP contribution in [-0.2, 0) is 0 Å². The minimum atomic E-state index is -1.23. The number of nitrogens with zero attached hydrogens (tertiary/aromatic N) is 2. The Morgan fingerprint density at radius 2 is 1.62 bits per heavy atom. The molecule has 0 aliphatic heterocycles. The summed E-state index contributed by atoms with van der Waals surface area (Å²) in [6, 6.07) is 22.3. The Bertz CT molecular complexity index is 1380. The van der Waals surface area contributed by atoms with Crippen LogP contribution in [0.4, 0.5) is 0 Å². The molecule has 0 atom stereocenters. The van der Waals surface area contributed by atoms with E-state index < -0.39 is 5.97 Å². The van der Waals surface area contributed by atoms with Crippen LogP contribution < -0.4 is 5.11 Å². The average molecular weight is 379 g/mol. The van der Waals surface area contributed by atoms with Crippen LogP contribution in [0.25, 0.3) is 44.4 Å². The molecule has 0 radical (unpaired) electrons. The molecule has 0 saturated carbocycles. The molecule has 0 fully saturated rings. The van der Waals surface area contributed by atoms with Crippen molar-refractivity contribution < 1.29 is 14.4 Å². The lowest BCUT2D eigenvalue weighted by Gasteiger charge is -2.10. The second kappa shape index (κ2) is 6.56. The van der Waals surface area contributed by atoms with Gasteiger partial charge >= 0.3 is 0 Å². The second-order valence-corrected chi connectivity index (χ2v) is 6.97. The third-order valence-electron chi connectivity index (χ3n) is 5.02. The second-order valence-electron chi connectivity index (χ2n) is 6.97. The van der Waals surface area contributed by atoms with Crippen molar-refractivity contribution in [2.45, 2.75) is 6.92 Å². The molecule has 3 aromatic carbocycles. The first-order valence-electron chi connectivity index (χ1n) is 9.18. The van der Waals surface area contributed by atoms with Crippen LogP contribution >= 0.6 is 0 Å². The van der Waals surface area contributed by atoms with E-state index in [2.05, 4.69) is 10.1 Å². The maximum absolute atomic E-state index is 11.7. The molecule has 5 heteroatoms. The lowest BCUT2D eigenvalue weighted by Crippen LogP contribution is -2.22. The topological polar surface area (TPSA) is 79.0 Å². The van der Waals surface area contributed by atoms with Gasteiger partial charge in [-0.3, -0.25) is 0 Å². The number of carbonyl (C=O) groups excluding carboxylic acids is 1. The number of aromatic carboxylic acids is 1. The van der Waals surface area contributed by atoms with Gasteiger partial charge in [-0.15, -0.1) is 0 Å². The van der Waals surface area contributed by atoms with Gasteiger partial charge < -0.3 is 14.4 Å². The fourth-order valence-corrected chi connectivity index (χ4v) is 3.51. The van der Waals surface area contributed by atoms with Gasteiger partial charge in [-0.25, -0.2) is 4.98 Å². The van der Waals surface area contributed by atoms with Gasteiger partial charge in [0, 0.05) is 22.1 Å². The van der Waals surface area contributed by atoms with E-state index >= 15 is 0 Å². The predicted octanol–water partition coefficient (Wildman–Crippen LogP) is 4.38. The SMILES string of the molecule is Cc1ccc(-c2onc3ccc(-c4cc(C(=O)[O-])c5ccccc5n4)cc23)cc1. The Balaban J connectivity index is 1.71. The largest absolute Gasteiger partial charge is 0.545 e. The van der Waals surface area contributed by atoms with Crippen molar-refractivity contribution >= 4 is 27.8 Å². The molecule has 0 spiro atoms. The first-order valence-corrected chi connectivity index (χ1v) is 9.18. The normalized spacial score (nSPS) is 11.2. The first kappa shape index (κ1) is 17.1. The van der Waals surface area contributed by atoms with Crippen LogP contribution in [0.1, 0.15) is 15.9 Å². The number of aromatic nitrogens is 2. The number of carbonyl (C=O) groups is 1. The van der Waals surface area contributed by atoms with Crippen LogP contribution in [-0.4, -0.2) is 16.1 Å². The molecule has 0 saturated heterocycles. The zero-order valence-electron chi connectivity index (χ0n) is 15.5. The third kappa shape index (κ3) is 2.93. The summed E-state index contributed by atoms with van der Waals surface area (Å²) in [5.41, 5.74) is 4.88. The van der Waals surface area contributed by atoms with Crippen molar-refractivity contribution in [1.82, 2.24) is 10.1 Å². The maximum Gasteiger partial charge on any atom is 0.174 e. The summed E-state index contributed by atoms with van der Waals surface area (Å²) in [5.74, 6) is -0.556. The number of aryl methyl sites for hydroxylation is 1. The number of hydrogen-bond donors (Lipinski definition) is 0. The van der Waals surface area contributed by atoms with Crippen molar-refractivity contribution in [2.24, 2.45) is 0 Å². The van der Waals surface area contributed by atoms with Gasteiger partial charge in [0.1, 0.15) is 5.52 Å². The quantitative estimate of drug-likeness (QED) is 0.465. The number of carboxylic acid groups (broad SMARTS) is 1. The Morgan fingerprint density at radius 3 is 2.41 bits per heavy atom. The Hall–Kier alpha value is -3.99. The number of pyridine rings is 1. The van der Waals surface area contributed by atoms with E-state index in [9.17, 15) is 9.90 Å². The van der Waals surface area contributed by atoms with Crippen LogP contribution in [0.3, 0.4) is 0 Å². The number of para-hydroxylation sites is 1. The minimum absolute atomic E-state index is 0.120. The summed E-state index contributed by atoms with van der Waals surface area (Å²) in [5, 5.41) is 17.2. The van der Waals surface area contributed by atoms with E-state index in [0.717, 1.165) is 27.6 Å². The van der Waals surface area contributed by atoms with Gasteiger partial charge in [-0.2, -0.15) is 0 Å². The van der Waals surface area contributed by atoms with Crippen molar-refractivity contribution in [3.63, 3.8) is 0 Å². The van der Waals surface area contributed by atoms with E-state index in [0.29, 0.717) is 22.4 Å². The fraction of sp³-hybridized carbons (Fsp3) is 0.0417. The van der Waals surface area contributed by atoms with Crippen LogP contribution in [0, 0.1) is 6.92 Å². The third-order valence-corrected chi connectivity index (χ3v) is 5.02. The lowest BCUT2D eigenvalue weighted by molar-refractivity contribution is -0.254. The van der Waals surface area contributed by atoms with Crippen molar-refractivity contribution in [2.75, 3.05) is 0 Å². The summed E-state index contributed by atoms with van der Waals surface area (Å²) in [6.45, 7) is 2.03. The molecular weight excluding hydrogens is 364 g/mol. The number of benzene rings is 3. The van der Waals surface area contributed by atoms with Gasteiger partial charge in [0.15, 0.2) is 5.76 Å². The highest BCUT2D eigenvalue weighted by Gasteiger charge is 2.14. The standard InChI is InChI=1S/C24H16N2O3/c1-14-6-8-15(9-7-14)23-19-12-16(10-11-21(19)26-29-23)22-13-18(24(27)28)17-4-2-3-5-20(17)25-22/h2-13H,1H3,(H,27,28)/p-1. The average Bonchev–Trinajstić information content (AvgIpc) is 3.16. The molecule has 29 heavy (non-hydrogen) atoms. The highest BCUT2D eigenvalue weighted by atomic mass is 16.5. The summed E-state index contributed by atoms with van der Waals surface area (Å²) in [4.78, 5) is 16.3. The van der Waals surface area contributed by atoms with Crippen molar-refractivity contribution in [1.29, 1.82) is 0 Å². The number of carboxylic acids is 1. The first-order chi connectivity index (χ1) is 14.1. The Morgan fingerprint density at radius 1 is 0.862 bits per heavy atom. The molecule has 2 heterocycles. The summed E-state index contributed by atoms with van der Waals surface area (Å²) < 4.78 is 5.59. The molecule has 0 aliphatic carbocycles. The molecule has 0 amide bonds. The Labute approximate surface area is 166 Å². The van der Waals surface area contributed by atoms with Crippen LogP contribution in [0.2, 0.25) is 0 Å². The molecule has 0 aliphatic rings. The molecule has 5 nitrogen and oxygen atoms in total. The summed E-state index contributed by atoms with van der Waals surface area (Å²) in [7, 11) is 0. The number of hydrogen-bond acceptors (Lipinski definition) is 5. The molecular formula is C24H15N2O3-. The molecule has 140 valence electrons. The zero-order valence-corrected chi connectivity index (χ0v) is 15.5. The van der Waals surface area contributed by atoms with E-state index in [1.54, 1.807) is 24.3 Å². The van der Waals surface area contributed by atoms with E-state index in [1.807, 2.05) is 55.5 Å². The van der Waals surface area contributed by atoms with Gasteiger partial charge in [-0.05, 0) is 31.2 Å². The maximum atomic E-state index is 11.7. The monoisotopic (exact) mass is 379 g/mol. The lowest BCUT2D eigenvalue weighted by atomic mass is 10.0. The predicted molar refractivity (Wildman–Crippen MR) is 109 cm³/mol. The molecule has 5 aromatic rings. The smallest absolute Gasteiger partial charge is 0.174 e. The highest BCUT2D eigenvalue weighted by Crippen LogP contribution is 2.33. The van der Waals surface area contributed by atoms with Crippen molar-refractivity contribution in [3.8, 4) is 22.6 Å². The molecule has 5 rings (SSSR count). The van der Waals surface area contributed by atoms with Crippen LogP contribution in [0.15, 0.2) is 77.3 Å². The molecule has 0 N–H and O–H groups in total. The summed E-state index contributed by atoms with van der Waals surface area (Å²) >= 11 is 0. The van der Waals surface area contributed by atoms with E-state index in [1.165, 1.54) is 0 Å². The van der Waals surface area contributed by atoms with E-state index in [-0.39, 0.29) is 5.56 Å². The zero-order chi connectivity index (χ0) is 20.0. The summed E-state index contributed by atoms with van der Waals surface area (Å²) in [6.07, 6.45) is 0. The van der Waals surface area contributed by atoms with Gasteiger partial charge in [-0.1, -0.05) is 59.3 Å². The van der Waals surface area contributed by atoms with Crippen molar-refractivity contribution in [3.05, 3.63) is 83.9 Å². The Kier molecular flexibility index (Phi) is 3.88. The highest BCUT2D eigenvalue weighted by molar-refractivity contribution is 6.03. The van der Waals surface area contributed by atoms with Crippen LogP contribution in [0.5, 0.6) is 0 Å². The minimum Gasteiger partial charge on any atom is -0.545 e. The molecule has 0 unspecified atom stereocenters. The van der Waals surface area contributed by atoms with Gasteiger partial charge in [0.05, 0.1) is 22.6 Å². The van der Waals surface area contributed by atoms with E-state index in [4.69, 9.17) is 4.52 Å². The molecule has 0 bridgehead atoms. The van der Waals surface area contributed by atoms with Gasteiger partial charge in [0.2, 0.25) is 0 Å². The van der Waals surface area contributed by atoms with Gasteiger partial charge in [0.25, 0.3) is 0 Å². The fourth-order valence-electron chi connectivity index (χ4n) is 3.51. The number of rotatable bonds is 3.